The van der Waals surface area contributed by atoms with Gasteiger partial charge in [0.05, 0.1) is 0 Å². The van der Waals surface area contributed by atoms with Crippen LogP contribution in [0.1, 0.15) is 20.3 Å². The van der Waals surface area contributed by atoms with Gasteiger partial charge in [0, 0.05) is 28.8 Å². The summed E-state index contributed by atoms with van der Waals surface area (Å²) in [6, 6.07) is 8.69. The van der Waals surface area contributed by atoms with E-state index < -0.39 is 0 Å². The Morgan fingerprint density at radius 2 is 1.94 bits per heavy atom. The standard InChI is InChI=1S/C13H19ClN2/c1-13(2)8-11(15-3)9-16(13)12-6-4-10(14)5-7-12/h4-7,11,15H,8-9H2,1-3H3. The Kier molecular flexibility index (Phi) is 3.13. The monoisotopic (exact) mass is 238 g/mol. The van der Waals surface area contributed by atoms with Crippen molar-refractivity contribution < 1.29 is 0 Å². The third kappa shape index (κ3) is 2.18. The van der Waals surface area contributed by atoms with Crippen molar-refractivity contribution in [1.29, 1.82) is 0 Å². The highest BCUT2D eigenvalue weighted by Crippen LogP contribution is 2.34. The van der Waals surface area contributed by atoms with E-state index in [1.54, 1.807) is 0 Å². The van der Waals surface area contributed by atoms with Crippen molar-refractivity contribution in [3.63, 3.8) is 0 Å². The van der Waals surface area contributed by atoms with Gasteiger partial charge in [-0.25, -0.2) is 0 Å². The van der Waals surface area contributed by atoms with Crippen LogP contribution in [0, 0.1) is 0 Å². The van der Waals surface area contributed by atoms with E-state index in [4.69, 9.17) is 11.6 Å². The topological polar surface area (TPSA) is 15.3 Å². The molecule has 1 fully saturated rings. The third-order valence-corrected chi connectivity index (χ3v) is 3.68. The van der Waals surface area contributed by atoms with E-state index in [0.717, 1.165) is 11.6 Å². The Morgan fingerprint density at radius 3 is 2.44 bits per heavy atom. The first-order valence-electron chi connectivity index (χ1n) is 5.73. The molecule has 0 radical (unpaired) electrons. The van der Waals surface area contributed by atoms with E-state index in [0.29, 0.717) is 6.04 Å². The molecule has 1 saturated heterocycles. The zero-order valence-corrected chi connectivity index (χ0v) is 10.9. The number of rotatable bonds is 2. The molecule has 88 valence electrons. The lowest BCUT2D eigenvalue weighted by molar-refractivity contribution is 0.487. The van der Waals surface area contributed by atoms with Gasteiger partial charge in [0.15, 0.2) is 0 Å². The molecule has 0 aromatic heterocycles. The summed E-state index contributed by atoms with van der Waals surface area (Å²) in [6.07, 6.45) is 1.17. The molecule has 1 aromatic rings. The average Bonchev–Trinajstić information content (AvgIpc) is 2.55. The molecule has 0 amide bonds. The summed E-state index contributed by atoms with van der Waals surface area (Å²) in [7, 11) is 2.03. The van der Waals surface area contributed by atoms with Crippen molar-refractivity contribution in [2.24, 2.45) is 0 Å². The number of nitrogens with zero attached hydrogens (tertiary/aromatic N) is 1. The summed E-state index contributed by atoms with van der Waals surface area (Å²) in [4.78, 5) is 2.45. The van der Waals surface area contributed by atoms with Gasteiger partial charge in [-0.15, -0.1) is 0 Å². The van der Waals surface area contributed by atoms with Crippen molar-refractivity contribution >= 4 is 17.3 Å². The maximum absolute atomic E-state index is 5.91. The Labute approximate surface area is 103 Å². The second-order valence-electron chi connectivity index (χ2n) is 5.09. The lowest BCUT2D eigenvalue weighted by atomic mass is 10.00. The van der Waals surface area contributed by atoms with Crippen LogP contribution in [0.4, 0.5) is 5.69 Å². The van der Waals surface area contributed by atoms with Gasteiger partial charge in [-0.1, -0.05) is 11.6 Å². The van der Waals surface area contributed by atoms with Crippen LogP contribution in [-0.4, -0.2) is 25.2 Å². The van der Waals surface area contributed by atoms with E-state index in [1.807, 2.05) is 19.2 Å². The van der Waals surface area contributed by atoms with Crippen molar-refractivity contribution in [2.75, 3.05) is 18.5 Å². The minimum Gasteiger partial charge on any atom is -0.365 e. The molecule has 0 saturated carbocycles. The van der Waals surface area contributed by atoms with E-state index in [1.165, 1.54) is 12.1 Å². The number of halogens is 1. The molecule has 0 spiro atoms. The predicted octanol–water partition coefficient (Wildman–Crippen LogP) is 2.92. The fourth-order valence-electron chi connectivity index (χ4n) is 2.51. The van der Waals surface area contributed by atoms with Gasteiger partial charge in [0.25, 0.3) is 0 Å². The Hall–Kier alpha value is -0.730. The molecule has 0 bridgehead atoms. The summed E-state index contributed by atoms with van der Waals surface area (Å²) in [5.41, 5.74) is 1.47. The third-order valence-electron chi connectivity index (χ3n) is 3.43. The van der Waals surface area contributed by atoms with Crippen molar-refractivity contribution in [1.82, 2.24) is 5.32 Å². The number of anilines is 1. The van der Waals surface area contributed by atoms with Crippen LogP contribution in [0.2, 0.25) is 5.02 Å². The van der Waals surface area contributed by atoms with Crippen LogP contribution in [-0.2, 0) is 0 Å². The van der Waals surface area contributed by atoms with Gasteiger partial charge in [-0.05, 0) is 51.6 Å². The molecular formula is C13H19ClN2. The van der Waals surface area contributed by atoms with Gasteiger partial charge in [0.1, 0.15) is 0 Å². The largest absolute Gasteiger partial charge is 0.365 e. The molecule has 1 heterocycles. The van der Waals surface area contributed by atoms with E-state index in [9.17, 15) is 0 Å². The fourth-order valence-corrected chi connectivity index (χ4v) is 2.64. The smallest absolute Gasteiger partial charge is 0.0407 e. The first kappa shape index (κ1) is 11.7. The first-order chi connectivity index (χ1) is 7.53. The molecule has 0 aliphatic carbocycles. The lowest BCUT2D eigenvalue weighted by Gasteiger charge is -2.33. The number of hydrogen-bond donors (Lipinski definition) is 1. The second-order valence-corrected chi connectivity index (χ2v) is 5.53. The molecule has 1 unspecified atom stereocenters. The van der Waals surface area contributed by atoms with Gasteiger partial charge < -0.3 is 10.2 Å². The Bertz CT molecular complexity index is 359. The van der Waals surface area contributed by atoms with Crippen LogP contribution in [0.5, 0.6) is 0 Å². The van der Waals surface area contributed by atoms with Crippen molar-refractivity contribution in [2.45, 2.75) is 31.8 Å². The molecule has 2 nitrogen and oxygen atoms in total. The summed E-state index contributed by atoms with van der Waals surface area (Å²) >= 11 is 5.91. The first-order valence-corrected chi connectivity index (χ1v) is 6.11. The second kappa shape index (κ2) is 4.27. The molecular weight excluding hydrogens is 220 g/mol. The Balaban J connectivity index is 2.23. The summed E-state index contributed by atoms with van der Waals surface area (Å²) in [5.74, 6) is 0. The molecule has 1 N–H and O–H groups in total. The normalized spacial score (nSPS) is 23.8. The zero-order chi connectivity index (χ0) is 11.8. The Morgan fingerprint density at radius 1 is 1.31 bits per heavy atom. The van der Waals surface area contributed by atoms with Gasteiger partial charge in [0.2, 0.25) is 0 Å². The molecule has 1 aliphatic rings. The zero-order valence-electron chi connectivity index (χ0n) is 10.1. The van der Waals surface area contributed by atoms with Crippen LogP contribution in [0.25, 0.3) is 0 Å². The highest BCUT2D eigenvalue weighted by atomic mass is 35.5. The highest BCUT2D eigenvalue weighted by molar-refractivity contribution is 6.30. The van der Waals surface area contributed by atoms with Crippen molar-refractivity contribution in [3.05, 3.63) is 29.3 Å². The molecule has 1 atom stereocenters. The molecule has 3 heteroatoms. The lowest BCUT2D eigenvalue weighted by Crippen LogP contribution is -2.38. The number of likely N-dealkylation sites (N-methyl/N-ethyl adjacent to an activating group) is 1. The SMILES string of the molecule is CNC1CN(c2ccc(Cl)cc2)C(C)(C)C1. The predicted molar refractivity (Wildman–Crippen MR) is 70.3 cm³/mol. The maximum atomic E-state index is 5.91. The summed E-state index contributed by atoms with van der Waals surface area (Å²) in [6.45, 7) is 5.64. The van der Waals surface area contributed by atoms with Gasteiger partial charge in [-0.3, -0.25) is 0 Å². The highest BCUT2D eigenvalue weighted by Gasteiger charge is 2.37. The minimum absolute atomic E-state index is 0.210. The van der Waals surface area contributed by atoms with Crippen LogP contribution in [0.15, 0.2) is 24.3 Å². The van der Waals surface area contributed by atoms with Crippen LogP contribution >= 0.6 is 11.6 Å². The maximum Gasteiger partial charge on any atom is 0.0407 e. The van der Waals surface area contributed by atoms with Crippen LogP contribution < -0.4 is 10.2 Å². The molecule has 1 aromatic carbocycles. The van der Waals surface area contributed by atoms with E-state index >= 15 is 0 Å². The number of nitrogens with one attached hydrogen (secondary N) is 1. The van der Waals surface area contributed by atoms with E-state index in [-0.39, 0.29) is 5.54 Å². The fraction of sp³-hybridized carbons (Fsp3) is 0.538. The minimum atomic E-state index is 0.210. The van der Waals surface area contributed by atoms with Crippen LogP contribution in [0.3, 0.4) is 0 Å². The summed E-state index contributed by atoms with van der Waals surface area (Å²) in [5, 5.41) is 4.16. The molecule has 16 heavy (non-hydrogen) atoms. The molecule has 1 aliphatic heterocycles. The summed E-state index contributed by atoms with van der Waals surface area (Å²) < 4.78 is 0. The number of hydrogen-bond acceptors (Lipinski definition) is 2. The van der Waals surface area contributed by atoms with Gasteiger partial charge in [-0.2, -0.15) is 0 Å². The average molecular weight is 239 g/mol. The van der Waals surface area contributed by atoms with E-state index in [2.05, 4.69) is 36.2 Å². The molecule has 2 rings (SSSR count). The quantitative estimate of drug-likeness (QED) is 0.853. The van der Waals surface area contributed by atoms with Gasteiger partial charge >= 0.3 is 0 Å². The number of benzene rings is 1. The van der Waals surface area contributed by atoms with Crippen molar-refractivity contribution in [3.8, 4) is 0 Å².